The molecule has 0 bridgehead atoms. The number of ether oxygens (including phenoxy) is 5. The summed E-state index contributed by atoms with van der Waals surface area (Å²) in [4.78, 5) is 23.5. The standard InChI is InChI=1S/C26H45N3O11PS/c1-8-9-10-11-15-33-24-23(27-42-28-24)22-13-12-14-29(7,16-22)21(6)40-41(32,36-17-34-25(30)38-19(2)3)37-18-35-26(31)39-20(4)5/h13,19-21H,8-12,14-18H2,1-7H3/q+1. The van der Waals surface area contributed by atoms with Crippen LogP contribution in [0.5, 0.6) is 5.88 Å². The van der Waals surface area contributed by atoms with Gasteiger partial charge in [0.15, 0.2) is 0 Å². The zero-order valence-corrected chi connectivity index (χ0v) is 27.3. The summed E-state index contributed by atoms with van der Waals surface area (Å²) < 4.78 is 64.3. The molecule has 240 valence electrons. The van der Waals surface area contributed by atoms with Crippen LogP contribution in [-0.2, 0) is 37.1 Å². The van der Waals surface area contributed by atoms with Crippen LogP contribution in [0.3, 0.4) is 0 Å². The summed E-state index contributed by atoms with van der Waals surface area (Å²) in [6.07, 6.45) is 3.47. The second-order valence-electron chi connectivity index (χ2n) is 10.5. The number of carbonyl (C=O) groups excluding carboxylic acids is 2. The summed E-state index contributed by atoms with van der Waals surface area (Å²) in [5.41, 5.74) is 1.60. The van der Waals surface area contributed by atoms with Gasteiger partial charge in [-0.25, -0.2) is 27.7 Å². The van der Waals surface area contributed by atoms with Crippen LogP contribution >= 0.6 is 19.6 Å². The van der Waals surface area contributed by atoms with Gasteiger partial charge in [0.05, 0.1) is 44.1 Å². The third kappa shape index (κ3) is 12.5. The third-order valence-corrected chi connectivity index (χ3v) is 8.08. The Bertz CT molecular complexity index is 1040. The fourth-order valence-electron chi connectivity index (χ4n) is 3.85. The zero-order chi connectivity index (χ0) is 31.2. The maximum Gasteiger partial charge on any atom is 0.510 e. The Morgan fingerprint density at radius 2 is 1.60 bits per heavy atom. The number of rotatable bonds is 18. The summed E-state index contributed by atoms with van der Waals surface area (Å²) in [7, 11) is -2.50. The van der Waals surface area contributed by atoms with Crippen LogP contribution in [0.15, 0.2) is 6.08 Å². The number of nitrogens with zero attached hydrogens (tertiary/aromatic N) is 3. The van der Waals surface area contributed by atoms with Crippen LogP contribution in [0, 0.1) is 0 Å². The Kier molecular flexibility index (Phi) is 15.2. The molecule has 0 radical (unpaired) electrons. The van der Waals surface area contributed by atoms with Gasteiger partial charge in [0.25, 0.3) is 5.88 Å². The molecular weight excluding hydrogens is 593 g/mol. The van der Waals surface area contributed by atoms with E-state index in [1.165, 1.54) is 0 Å². The first-order valence-corrected chi connectivity index (χ1v) is 16.3. The van der Waals surface area contributed by atoms with Gasteiger partial charge in [-0.3, -0.25) is 4.48 Å². The first-order chi connectivity index (χ1) is 19.9. The van der Waals surface area contributed by atoms with Crippen LogP contribution in [0.25, 0.3) is 5.57 Å². The van der Waals surface area contributed by atoms with Crippen molar-refractivity contribution in [2.75, 3.05) is 40.3 Å². The van der Waals surface area contributed by atoms with E-state index in [0.29, 0.717) is 37.7 Å². The Morgan fingerprint density at radius 1 is 0.976 bits per heavy atom. The van der Waals surface area contributed by atoms with Crippen molar-refractivity contribution in [1.29, 1.82) is 0 Å². The van der Waals surface area contributed by atoms with Gasteiger partial charge in [-0.2, -0.15) is 4.37 Å². The minimum absolute atomic E-state index is 0.280. The molecule has 0 spiro atoms. The number of likely N-dealkylation sites (N-methyl/N-ethyl adjacent to an activating group) is 1. The summed E-state index contributed by atoms with van der Waals surface area (Å²) >= 11 is 1.08. The van der Waals surface area contributed by atoms with Gasteiger partial charge in [-0.05, 0) is 34.1 Å². The molecule has 0 N–H and O–H groups in total. The average molecular weight is 639 g/mol. The highest BCUT2D eigenvalue weighted by Gasteiger charge is 2.41. The van der Waals surface area contributed by atoms with Crippen LogP contribution in [0.2, 0.25) is 0 Å². The molecule has 42 heavy (non-hydrogen) atoms. The van der Waals surface area contributed by atoms with Crippen molar-refractivity contribution in [1.82, 2.24) is 8.75 Å². The summed E-state index contributed by atoms with van der Waals surface area (Å²) in [6, 6.07) is 0. The number of aromatic nitrogens is 2. The highest BCUT2D eigenvalue weighted by Crippen LogP contribution is 2.52. The van der Waals surface area contributed by atoms with Gasteiger partial charge < -0.3 is 23.7 Å². The van der Waals surface area contributed by atoms with E-state index >= 15 is 0 Å². The largest absolute Gasteiger partial charge is 0.510 e. The lowest BCUT2D eigenvalue weighted by Gasteiger charge is -2.42. The number of quaternary nitrogens is 1. The highest BCUT2D eigenvalue weighted by molar-refractivity contribution is 7.48. The summed E-state index contributed by atoms with van der Waals surface area (Å²) in [5, 5.41) is 0. The molecule has 2 rings (SSSR count). The van der Waals surface area contributed by atoms with Gasteiger partial charge in [0.1, 0.15) is 12.2 Å². The van der Waals surface area contributed by atoms with E-state index in [1.54, 1.807) is 34.6 Å². The Morgan fingerprint density at radius 3 is 2.17 bits per heavy atom. The van der Waals surface area contributed by atoms with E-state index in [2.05, 4.69) is 21.7 Å². The minimum atomic E-state index is -4.43. The maximum absolute atomic E-state index is 13.6. The van der Waals surface area contributed by atoms with E-state index in [1.807, 2.05) is 7.05 Å². The lowest BCUT2D eigenvalue weighted by molar-refractivity contribution is -0.943. The van der Waals surface area contributed by atoms with E-state index in [0.717, 1.165) is 43.0 Å². The van der Waals surface area contributed by atoms with Crippen LogP contribution in [0.4, 0.5) is 9.59 Å². The van der Waals surface area contributed by atoms with Gasteiger partial charge >= 0.3 is 20.1 Å². The molecule has 0 aliphatic carbocycles. The van der Waals surface area contributed by atoms with E-state index in [-0.39, 0.29) is 4.48 Å². The normalized spacial score (nSPS) is 18.0. The van der Waals surface area contributed by atoms with Gasteiger partial charge in [0.2, 0.25) is 19.8 Å². The van der Waals surface area contributed by atoms with Crippen molar-refractivity contribution < 1.29 is 55.9 Å². The Hall–Kier alpha value is -2.29. The van der Waals surface area contributed by atoms with Crippen molar-refractivity contribution in [2.24, 2.45) is 0 Å². The Labute approximate surface area is 252 Å². The number of hydrogen-bond donors (Lipinski definition) is 0. The summed E-state index contributed by atoms with van der Waals surface area (Å²) in [5.74, 6) is 0.498. The first-order valence-electron chi connectivity index (χ1n) is 14.1. The average Bonchev–Trinajstić information content (AvgIpc) is 3.36. The van der Waals surface area contributed by atoms with Gasteiger partial charge in [0, 0.05) is 18.9 Å². The quantitative estimate of drug-likeness (QED) is 0.0584. The fraction of sp³-hybridized carbons (Fsp3) is 0.769. The second-order valence-corrected chi connectivity index (χ2v) is 12.6. The fourth-order valence-corrected chi connectivity index (χ4v) is 5.54. The van der Waals surface area contributed by atoms with Crippen molar-refractivity contribution in [3.05, 3.63) is 11.8 Å². The second kappa shape index (κ2) is 17.7. The van der Waals surface area contributed by atoms with Crippen molar-refractivity contribution in [2.45, 2.75) is 92.1 Å². The zero-order valence-electron chi connectivity index (χ0n) is 25.6. The van der Waals surface area contributed by atoms with E-state index in [4.69, 9.17) is 37.3 Å². The minimum Gasteiger partial charge on any atom is -0.475 e. The van der Waals surface area contributed by atoms with E-state index in [9.17, 15) is 14.2 Å². The van der Waals surface area contributed by atoms with E-state index < -0.39 is 52.2 Å². The molecular formula is C26H45N3O11PS+. The number of carbonyl (C=O) groups is 2. The molecule has 1 aliphatic heterocycles. The van der Waals surface area contributed by atoms with Crippen molar-refractivity contribution in [3.8, 4) is 5.88 Å². The van der Waals surface area contributed by atoms with Crippen molar-refractivity contribution >= 4 is 37.4 Å². The number of phosphoric ester groups is 1. The molecule has 0 amide bonds. The molecule has 0 fully saturated rings. The molecule has 2 heterocycles. The van der Waals surface area contributed by atoms with Crippen molar-refractivity contribution in [3.63, 3.8) is 0 Å². The molecule has 1 aliphatic rings. The highest BCUT2D eigenvalue weighted by atomic mass is 32.1. The molecule has 1 aromatic heterocycles. The van der Waals surface area contributed by atoms with Crippen LogP contribution in [0.1, 0.15) is 79.3 Å². The summed E-state index contributed by atoms with van der Waals surface area (Å²) in [6.45, 7) is 10.5. The maximum atomic E-state index is 13.6. The first kappa shape index (κ1) is 35.9. The SMILES string of the molecule is CCCCCCOc1nsnc1C1=CCC[N+](C)(C(C)OP(=O)(OCOC(=O)OC(C)C)OCOC(=O)OC(C)C)C1. The third-order valence-electron chi connectivity index (χ3n) is 6.16. The molecule has 0 saturated heterocycles. The predicted octanol–water partition coefficient (Wildman–Crippen LogP) is 6.27. The Balaban J connectivity index is 2.08. The van der Waals surface area contributed by atoms with Gasteiger partial charge in [-0.15, -0.1) is 4.37 Å². The number of phosphoric acid groups is 1. The molecule has 0 saturated carbocycles. The number of unbranched alkanes of at least 4 members (excludes halogenated alkanes) is 3. The predicted molar refractivity (Wildman–Crippen MR) is 154 cm³/mol. The molecule has 1 aromatic rings. The molecule has 2 atom stereocenters. The molecule has 14 nitrogen and oxygen atoms in total. The number of hydrogen-bond acceptors (Lipinski definition) is 14. The monoisotopic (exact) mass is 638 g/mol. The topological polar surface area (TPSA) is 151 Å². The smallest absolute Gasteiger partial charge is 0.475 e. The van der Waals surface area contributed by atoms with Crippen LogP contribution < -0.4 is 4.74 Å². The van der Waals surface area contributed by atoms with Gasteiger partial charge in [-0.1, -0.05) is 32.3 Å². The lowest BCUT2D eigenvalue weighted by atomic mass is 10.0. The van der Waals surface area contributed by atoms with Crippen LogP contribution in [-0.4, -0.2) is 84.3 Å². The molecule has 2 unspecified atom stereocenters. The lowest BCUT2D eigenvalue weighted by Crippen LogP contribution is -2.54. The molecule has 16 heteroatoms. The molecule has 0 aromatic carbocycles.